The van der Waals surface area contributed by atoms with Gasteiger partial charge in [-0.15, -0.1) is 0 Å². The molecule has 4 heteroatoms. The summed E-state index contributed by atoms with van der Waals surface area (Å²) in [7, 11) is 1.48. The lowest BCUT2D eigenvalue weighted by atomic mass is 9.41. The zero-order valence-corrected chi connectivity index (χ0v) is 23.4. The van der Waals surface area contributed by atoms with Gasteiger partial charge in [-0.3, -0.25) is 9.59 Å². The molecule has 196 valence electrons. The molecule has 4 rings (SSSR count). The van der Waals surface area contributed by atoms with Gasteiger partial charge in [0.05, 0.1) is 19.1 Å². The fourth-order valence-electron chi connectivity index (χ4n) is 9.48. The first-order valence-corrected chi connectivity index (χ1v) is 13.9. The third-order valence-electron chi connectivity index (χ3n) is 11.6. The fraction of sp³-hybridized carbons (Fsp3) is 0.806. The smallest absolute Gasteiger partial charge is 0.309 e. The number of Topliss-reactive ketones (excluding diaryl/α,β-unsaturated/α-hetero) is 1. The number of ketones is 1. The molecule has 8 atom stereocenters. The highest BCUT2D eigenvalue weighted by molar-refractivity contribution is 5.85. The summed E-state index contributed by atoms with van der Waals surface area (Å²) in [4.78, 5) is 25.9. The summed E-state index contributed by atoms with van der Waals surface area (Å²) in [5.41, 5.74) is 2.27. The monoisotopic (exact) mass is 484 g/mol. The summed E-state index contributed by atoms with van der Waals surface area (Å²) < 4.78 is 5.30. The summed E-state index contributed by atoms with van der Waals surface area (Å²) in [6, 6.07) is 0. The highest BCUT2D eigenvalue weighted by Crippen LogP contribution is 2.73. The first-order valence-electron chi connectivity index (χ1n) is 13.9. The Labute approximate surface area is 213 Å². The van der Waals surface area contributed by atoms with Gasteiger partial charge in [0.15, 0.2) is 0 Å². The van der Waals surface area contributed by atoms with Gasteiger partial charge in [-0.25, -0.2) is 0 Å². The van der Waals surface area contributed by atoms with Crippen LogP contribution < -0.4 is 0 Å². The Kier molecular flexibility index (Phi) is 6.74. The van der Waals surface area contributed by atoms with E-state index >= 15 is 0 Å². The van der Waals surface area contributed by atoms with E-state index in [1.54, 1.807) is 0 Å². The molecule has 0 amide bonds. The van der Waals surface area contributed by atoms with Gasteiger partial charge in [-0.1, -0.05) is 57.9 Å². The second-order valence-corrected chi connectivity index (χ2v) is 13.7. The van der Waals surface area contributed by atoms with E-state index in [1.807, 2.05) is 0 Å². The molecular weight excluding hydrogens is 436 g/mol. The van der Waals surface area contributed by atoms with Crippen molar-refractivity contribution >= 4 is 11.8 Å². The Morgan fingerprint density at radius 2 is 1.89 bits per heavy atom. The molecule has 1 N–H and O–H groups in total. The number of carbonyl (C=O) groups is 2. The molecule has 0 aromatic carbocycles. The van der Waals surface area contributed by atoms with Crippen molar-refractivity contribution in [2.45, 2.75) is 106 Å². The van der Waals surface area contributed by atoms with E-state index in [0.717, 1.165) is 32.1 Å². The van der Waals surface area contributed by atoms with E-state index < -0.39 is 6.10 Å². The second-order valence-electron chi connectivity index (χ2n) is 13.7. The summed E-state index contributed by atoms with van der Waals surface area (Å²) in [5, 5.41) is 11.6. The van der Waals surface area contributed by atoms with Crippen LogP contribution in [-0.2, 0) is 14.3 Å². The highest BCUT2D eigenvalue weighted by Gasteiger charge is 2.68. The minimum absolute atomic E-state index is 0.109. The molecule has 0 aromatic rings. The van der Waals surface area contributed by atoms with Gasteiger partial charge < -0.3 is 9.84 Å². The van der Waals surface area contributed by atoms with E-state index in [0.29, 0.717) is 36.9 Å². The molecule has 0 aliphatic heterocycles. The number of rotatable bonds is 5. The number of hydrogen-bond acceptors (Lipinski definition) is 4. The van der Waals surface area contributed by atoms with Gasteiger partial charge in [0.25, 0.3) is 0 Å². The van der Waals surface area contributed by atoms with Crippen LogP contribution in [0, 0.1) is 45.3 Å². The molecule has 4 nitrogen and oxygen atoms in total. The number of ether oxygens (including phenoxy) is 1. The molecule has 0 radical (unpaired) electrons. The number of fused-ring (bicyclic) bond motifs is 5. The Bertz CT molecular complexity index is 940. The zero-order chi connectivity index (χ0) is 26.0. The van der Waals surface area contributed by atoms with Crippen LogP contribution in [0.3, 0.4) is 0 Å². The van der Waals surface area contributed by atoms with Gasteiger partial charge in [-0.2, -0.15) is 0 Å². The molecule has 0 heterocycles. The number of allylic oxidation sites excluding steroid dienone is 4. The molecule has 4 aliphatic rings. The third kappa shape index (κ3) is 3.80. The number of hydrogen-bond donors (Lipinski definition) is 1. The molecule has 0 aromatic heterocycles. The Balaban J connectivity index is 1.72. The minimum Gasteiger partial charge on any atom is -0.469 e. The van der Waals surface area contributed by atoms with Crippen molar-refractivity contribution in [3.8, 4) is 0 Å². The molecule has 0 spiro atoms. The lowest BCUT2D eigenvalue weighted by Gasteiger charge is -2.63. The van der Waals surface area contributed by atoms with Crippen LogP contribution in [0.4, 0.5) is 0 Å². The quantitative estimate of drug-likeness (QED) is 0.350. The van der Waals surface area contributed by atoms with E-state index in [2.05, 4.69) is 60.6 Å². The number of methoxy groups -OCH3 is 1. The third-order valence-corrected chi connectivity index (χ3v) is 11.6. The lowest BCUT2D eigenvalue weighted by Crippen LogP contribution is -2.57. The normalized spacial score (nSPS) is 42.8. The van der Waals surface area contributed by atoms with Gasteiger partial charge in [-0.05, 0) is 86.9 Å². The van der Waals surface area contributed by atoms with Crippen molar-refractivity contribution in [3.05, 3.63) is 23.3 Å². The molecule has 5 unspecified atom stereocenters. The zero-order valence-electron chi connectivity index (χ0n) is 23.4. The summed E-state index contributed by atoms with van der Waals surface area (Å²) in [6.45, 7) is 15.6. The van der Waals surface area contributed by atoms with E-state index in [4.69, 9.17) is 4.74 Å². The molecule has 3 saturated carbocycles. The summed E-state index contributed by atoms with van der Waals surface area (Å²) in [6.07, 6.45) is 11.0. The van der Waals surface area contributed by atoms with E-state index in [9.17, 15) is 14.7 Å². The Morgan fingerprint density at radius 1 is 1.20 bits per heavy atom. The average Bonchev–Trinajstić information content (AvgIpc) is 2.99. The molecule has 3 fully saturated rings. The highest BCUT2D eigenvalue weighted by atomic mass is 16.5. The summed E-state index contributed by atoms with van der Waals surface area (Å²) >= 11 is 0. The molecular formula is C31H48O4. The number of aliphatic hydroxyl groups is 1. The number of carbonyl (C=O) groups excluding carboxylic acids is 2. The Morgan fingerprint density at radius 3 is 2.51 bits per heavy atom. The minimum atomic E-state index is -0.518. The van der Waals surface area contributed by atoms with Crippen LogP contribution in [0.25, 0.3) is 0 Å². The van der Waals surface area contributed by atoms with E-state index in [-0.39, 0.29) is 39.5 Å². The topological polar surface area (TPSA) is 63.6 Å². The van der Waals surface area contributed by atoms with Gasteiger partial charge in [0.2, 0.25) is 0 Å². The molecule has 0 bridgehead atoms. The maximum Gasteiger partial charge on any atom is 0.309 e. The maximum atomic E-state index is 13.1. The fourth-order valence-corrected chi connectivity index (χ4v) is 9.48. The first-order chi connectivity index (χ1) is 16.2. The SMILES string of the molecule is COC(=O)C(CCC=C(C)C)C1[C@@H](O)C[C@]2(C)C3=CCC4C(C)(C)C(=O)CC[C@]4(C)C3CCC12C. The van der Waals surface area contributed by atoms with Crippen molar-refractivity contribution in [2.24, 2.45) is 45.3 Å². The van der Waals surface area contributed by atoms with Crippen molar-refractivity contribution in [2.75, 3.05) is 7.11 Å². The van der Waals surface area contributed by atoms with Crippen molar-refractivity contribution in [3.63, 3.8) is 0 Å². The van der Waals surface area contributed by atoms with Gasteiger partial charge >= 0.3 is 5.97 Å². The number of aliphatic hydroxyl groups excluding tert-OH is 1. The van der Waals surface area contributed by atoms with Crippen LogP contribution in [0.15, 0.2) is 23.3 Å². The molecule has 0 saturated heterocycles. The van der Waals surface area contributed by atoms with Crippen molar-refractivity contribution in [1.82, 2.24) is 0 Å². The Hall–Kier alpha value is -1.42. The molecule has 35 heavy (non-hydrogen) atoms. The summed E-state index contributed by atoms with van der Waals surface area (Å²) in [5.74, 6) is 0.639. The van der Waals surface area contributed by atoms with Crippen molar-refractivity contribution in [1.29, 1.82) is 0 Å². The van der Waals surface area contributed by atoms with Crippen LogP contribution in [0.5, 0.6) is 0 Å². The van der Waals surface area contributed by atoms with E-state index in [1.165, 1.54) is 18.3 Å². The van der Waals surface area contributed by atoms with Crippen molar-refractivity contribution < 1.29 is 19.4 Å². The lowest BCUT2D eigenvalue weighted by molar-refractivity contribution is -0.154. The average molecular weight is 485 g/mol. The van der Waals surface area contributed by atoms with Crippen LogP contribution in [-0.4, -0.2) is 30.1 Å². The largest absolute Gasteiger partial charge is 0.469 e. The standard InChI is InChI=1S/C31H48O4/c1-19(2)10-9-11-20(27(34)35-8)26-23(32)18-31(7)22-12-13-24-28(3,4)25(33)15-16-29(24,5)21(22)14-17-30(26,31)6/h10,12,20-21,23-24,26,32H,9,11,13-18H2,1-8H3/t20?,21?,23-,24?,26?,29+,30?,31+/m0/s1. The van der Waals surface area contributed by atoms with Crippen LogP contribution >= 0.6 is 0 Å². The van der Waals surface area contributed by atoms with Gasteiger partial charge in [0.1, 0.15) is 5.78 Å². The molecule has 4 aliphatic carbocycles. The van der Waals surface area contributed by atoms with Gasteiger partial charge in [0, 0.05) is 17.8 Å². The second kappa shape index (κ2) is 8.85. The first kappa shape index (κ1) is 26.6. The van der Waals surface area contributed by atoms with Crippen LogP contribution in [0.1, 0.15) is 99.8 Å². The predicted octanol–water partition coefficient (Wildman–Crippen LogP) is 6.67. The number of esters is 1. The predicted molar refractivity (Wildman–Crippen MR) is 140 cm³/mol. The maximum absolute atomic E-state index is 13.1. The van der Waals surface area contributed by atoms with Crippen LogP contribution in [0.2, 0.25) is 0 Å².